The number of fused-ring (bicyclic) bond motifs is 2. The Morgan fingerprint density at radius 1 is 0.353 bits per heavy atom. The van der Waals surface area contributed by atoms with Crippen LogP contribution in [0, 0.1) is 6.92 Å². The molecule has 418 valence electrons. The molecule has 0 unspecified atom stereocenters. The van der Waals surface area contributed by atoms with E-state index in [1.807, 2.05) is 128 Å². The number of carbonyl (C=O) groups is 4. The molecule has 0 aromatic heterocycles. The number of benzene rings is 10. The van der Waals surface area contributed by atoms with Crippen LogP contribution in [0.5, 0.6) is 51.7 Å². The summed E-state index contributed by atoms with van der Waals surface area (Å²) in [5.41, 5.74) is 8.78. The molecule has 11 heteroatoms. The SMILES string of the molecule is C=Cc1ccc(COc2ccc(N3C(=O)c4ccc(Oc5ccc(C(C)(C)c6ccc(Oc7ccc8c(c7)C(=O)N(c7ccc(Oc9ccc(C(C)(C)c%10ccc(Oc%11ccc(C)cc%11)cc%10)cc9)cc7)C8=O)cc6)cc5)cc4C3=O)cc2)cc1. The Hall–Kier alpha value is -10.8. The first kappa shape index (κ1) is 54.8. The number of hydrogen-bond donors (Lipinski definition) is 0. The molecule has 85 heavy (non-hydrogen) atoms. The van der Waals surface area contributed by atoms with E-state index >= 15 is 0 Å². The highest BCUT2D eigenvalue weighted by Crippen LogP contribution is 2.40. The second kappa shape index (κ2) is 22.5. The second-order valence-corrected chi connectivity index (χ2v) is 22.1. The van der Waals surface area contributed by atoms with Gasteiger partial charge in [-0.1, -0.05) is 131 Å². The molecule has 0 spiro atoms. The van der Waals surface area contributed by atoms with E-state index in [9.17, 15) is 19.2 Å². The number of amides is 4. The van der Waals surface area contributed by atoms with Crippen molar-refractivity contribution in [2.75, 3.05) is 9.80 Å². The number of aryl methyl sites for hydroxylation is 1. The zero-order valence-corrected chi connectivity index (χ0v) is 47.5. The quantitative estimate of drug-likeness (QED) is 0.0773. The zero-order chi connectivity index (χ0) is 59.0. The molecular formula is C74H58N2O9. The Bertz CT molecular complexity index is 4170. The summed E-state index contributed by atoms with van der Waals surface area (Å²) in [5.74, 6) is 3.63. The lowest BCUT2D eigenvalue weighted by Gasteiger charge is -2.26. The Balaban J connectivity index is 0.633. The van der Waals surface area contributed by atoms with Crippen molar-refractivity contribution in [2.24, 2.45) is 0 Å². The molecule has 0 N–H and O–H groups in total. The van der Waals surface area contributed by atoms with Crippen LogP contribution in [0.25, 0.3) is 6.08 Å². The number of hydrogen-bond acceptors (Lipinski definition) is 9. The molecule has 2 heterocycles. The number of nitrogens with zero attached hydrogens (tertiary/aromatic N) is 2. The maximum Gasteiger partial charge on any atom is 0.266 e. The third-order valence-corrected chi connectivity index (χ3v) is 15.8. The predicted octanol–water partition coefficient (Wildman–Crippen LogP) is 17.6. The highest BCUT2D eigenvalue weighted by Gasteiger charge is 2.39. The lowest BCUT2D eigenvalue weighted by atomic mass is 9.78. The van der Waals surface area contributed by atoms with Gasteiger partial charge in [-0.25, -0.2) is 9.80 Å². The predicted molar refractivity (Wildman–Crippen MR) is 330 cm³/mol. The molecule has 0 saturated carbocycles. The van der Waals surface area contributed by atoms with Crippen LogP contribution in [-0.4, -0.2) is 23.6 Å². The van der Waals surface area contributed by atoms with E-state index in [4.69, 9.17) is 23.7 Å². The van der Waals surface area contributed by atoms with Crippen LogP contribution < -0.4 is 33.5 Å². The van der Waals surface area contributed by atoms with Crippen molar-refractivity contribution in [3.63, 3.8) is 0 Å². The van der Waals surface area contributed by atoms with Crippen LogP contribution in [-0.2, 0) is 17.4 Å². The summed E-state index contributed by atoms with van der Waals surface area (Å²) in [7, 11) is 0. The van der Waals surface area contributed by atoms with E-state index in [1.54, 1.807) is 91.0 Å². The molecule has 2 aliphatic heterocycles. The number of imide groups is 2. The molecule has 12 rings (SSSR count). The van der Waals surface area contributed by atoms with Crippen molar-refractivity contribution in [1.29, 1.82) is 0 Å². The molecule has 0 bridgehead atoms. The summed E-state index contributed by atoms with van der Waals surface area (Å²) in [4.78, 5) is 57.0. The molecule has 0 atom stereocenters. The smallest absolute Gasteiger partial charge is 0.266 e. The van der Waals surface area contributed by atoms with Gasteiger partial charge in [0.15, 0.2) is 0 Å². The number of anilines is 2. The minimum Gasteiger partial charge on any atom is -0.489 e. The molecule has 0 fully saturated rings. The topological polar surface area (TPSA) is 121 Å². The highest BCUT2D eigenvalue weighted by molar-refractivity contribution is 6.35. The second-order valence-electron chi connectivity index (χ2n) is 22.1. The summed E-state index contributed by atoms with van der Waals surface area (Å²) in [6.45, 7) is 14.8. The first-order chi connectivity index (χ1) is 41.1. The Labute approximate surface area is 493 Å². The summed E-state index contributed by atoms with van der Waals surface area (Å²) in [6.07, 6.45) is 1.79. The first-order valence-corrected chi connectivity index (χ1v) is 27.9. The normalized spacial score (nSPS) is 12.9. The maximum absolute atomic E-state index is 13.9. The molecule has 2 aliphatic rings. The van der Waals surface area contributed by atoms with Gasteiger partial charge in [-0.05, 0) is 186 Å². The van der Waals surface area contributed by atoms with Gasteiger partial charge in [0.2, 0.25) is 0 Å². The lowest BCUT2D eigenvalue weighted by molar-refractivity contribution is 0.0910. The monoisotopic (exact) mass is 1120 g/mol. The van der Waals surface area contributed by atoms with Gasteiger partial charge >= 0.3 is 0 Å². The summed E-state index contributed by atoms with van der Waals surface area (Å²) in [5, 5.41) is 0. The number of rotatable bonds is 18. The minimum atomic E-state index is -0.447. The van der Waals surface area contributed by atoms with Crippen molar-refractivity contribution < 1.29 is 42.9 Å². The third-order valence-electron chi connectivity index (χ3n) is 15.8. The van der Waals surface area contributed by atoms with E-state index < -0.39 is 29.0 Å². The number of ether oxygens (including phenoxy) is 5. The van der Waals surface area contributed by atoms with E-state index in [0.29, 0.717) is 69.4 Å². The molecular weight excluding hydrogens is 1060 g/mol. The van der Waals surface area contributed by atoms with Gasteiger partial charge in [-0.2, -0.15) is 0 Å². The van der Waals surface area contributed by atoms with Crippen LogP contribution in [0.4, 0.5) is 11.4 Å². The Morgan fingerprint density at radius 3 is 1.00 bits per heavy atom. The van der Waals surface area contributed by atoms with Gasteiger partial charge in [0.1, 0.15) is 58.4 Å². The highest BCUT2D eigenvalue weighted by atomic mass is 16.5. The minimum absolute atomic E-state index is 0.251. The standard InChI is InChI=1S/C74H58N2O9/c1-7-48-10-12-49(13-11-48)46-81-56-36-22-54(23-37-56)75-69(77)65-42-40-63(44-67(65)71(75)79)84-60-32-18-52(19-33-60)74(5,6)53-20-34-61(35-21-53)85-64-41-43-66-68(45-64)72(80)76(70(66)78)55-24-38-62(39-25-55)83-59-30-16-51(17-31-59)73(3,4)50-14-28-58(29-15-50)82-57-26-8-47(2)9-27-57/h7-45H,1,46H2,2-6H3. The molecule has 11 nitrogen and oxygen atoms in total. The van der Waals surface area contributed by atoms with Gasteiger partial charge in [-0.15, -0.1) is 0 Å². The largest absolute Gasteiger partial charge is 0.489 e. The molecule has 10 aromatic rings. The van der Waals surface area contributed by atoms with Crippen LogP contribution in [0.3, 0.4) is 0 Å². The molecule has 0 saturated heterocycles. The van der Waals surface area contributed by atoms with Gasteiger partial charge in [0, 0.05) is 10.8 Å². The molecule has 0 aliphatic carbocycles. The molecule has 10 aromatic carbocycles. The van der Waals surface area contributed by atoms with E-state index in [-0.39, 0.29) is 16.5 Å². The third kappa shape index (κ3) is 11.2. The average molecular weight is 1120 g/mol. The van der Waals surface area contributed by atoms with Crippen molar-refractivity contribution >= 4 is 41.1 Å². The lowest BCUT2D eigenvalue weighted by Crippen LogP contribution is -2.29. The van der Waals surface area contributed by atoms with Gasteiger partial charge in [0.25, 0.3) is 23.6 Å². The Morgan fingerprint density at radius 2 is 0.647 bits per heavy atom. The molecule has 4 amide bonds. The number of carbonyl (C=O) groups excluding carboxylic acids is 4. The van der Waals surface area contributed by atoms with Crippen molar-refractivity contribution in [3.05, 3.63) is 298 Å². The van der Waals surface area contributed by atoms with Crippen molar-refractivity contribution in [2.45, 2.75) is 52.1 Å². The van der Waals surface area contributed by atoms with E-state index in [1.165, 1.54) is 15.4 Å². The van der Waals surface area contributed by atoms with Crippen molar-refractivity contribution in [1.82, 2.24) is 0 Å². The van der Waals surface area contributed by atoms with Gasteiger partial charge in [-0.3, -0.25) is 19.2 Å². The fourth-order valence-electron chi connectivity index (χ4n) is 10.5. The summed E-state index contributed by atoms with van der Waals surface area (Å²) in [6, 6.07) is 71.1. The zero-order valence-electron chi connectivity index (χ0n) is 47.5. The first-order valence-electron chi connectivity index (χ1n) is 27.9. The molecule has 0 radical (unpaired) electrons. The maximum atomic E-state index is 13.9. The summed E-state index contributed by atoms with van der Waals surface area (Å²) < 4.78 is 30.7. The van der Waals surface area contributed by atoms with E-state index in [0.717, 1.165) is 44.9 Å². The van der Waals surface area contributed by atoms with Crippen LogP contribution in [0.2, 0.25) is 0 Å². The fourth-order valence-corrected chi connectivity index (χ4v) is 10.5. The van der Waals surface area contributed by atoms with E-state index in [2.05, 4.69) is 58.5 Å². The van der Waals surface area contributed by atoms with Crippen LogP contribution in [0.1, 0.15) is 108 Å². The fraction of sp³-hybridized carbons (Fsp3) is 0.108. The van der Waals surface area contributed by atoms with Crippen molar-refractivity contribution in [3.8, 4) is 51.7 Å². The summed E-state index contributed by atoms with van der Waals surface area (Å²) >= 11 is 0. The Kier molecular flexibility index (Phi) is 14.5. The van der Waals surface area contributed by atoms with Crippen LogP contribution in [0.15, 0.2) is 237 Å². The average Bonchev–Trinajstić information content (AvgIpc) is 2.77. The van der Waals surface area contributed by atoms with Crippen LogP contribution >= 0.6 is 0 Å². The van der Waals surface area contributed by atoms with Gasteiger partial charge < -0.3 is 23.7 Å². The van der Waals surface area contributed by atoms with Gasteiger partial charge in [0.05, 0.1) is 33.6 Å².